The van der Waals surface area contributed by atoms with Gasteiger partial charge in [0.05, 0.1) is 0 Å². The Bertz CT molecular complexity index is 1140. The van der Waals surface area contributed by atoms with Gasteiger partial charge in [-0.25, -0.2) is 0 Å². The lowest BCUT2D eigenvalue weighted by atomic mass is 9.95. The molecule has 0 bridgehead atoms. The SMILES string of the molecule is CC(C)C[C@@H]1NC(=O)[C@H](Cc2ccccc2)NC(=O)[C@@H](CC(C)C)N(C)C(=O)[C@@H](C(C)C)N(C)C(=O)[C@H](CC(C)C)NC1=O. The van der Waals surface area contributed by atoms with Crippen LogP contribution < -0.4 is 16.0 Å². The van der Waals surface area contributed by atoms with Crippen LogP contribution in [0.15, 0.2) is 30.3 Å². The summed E-state index contributed by atoms with van der Waals surface area (Å²) in [6.45, 7) is 15.5. The highest BCUT2D eigenvalue weighted by Gasteiger charge is 2.40. The van der Waals surface area contributed by atoms with E-state index < -0.39 is 47.9 Å². The molecule has 1 aromatic rings. The average molecular weight is 614 g/mol. The van der Waals surface area contributed by atoms with Crippen molar-refractivity contribution in [1.29, 1.82) is 0 Å². The van der Waals surface area contributed by atoms with E-state index in [0.29, 0.717) is 19.3 Å². The van der Waals surface area contributed by atoms with Crippen molar-refractivity contribution in [2.45, 2.75) is 111 Å². The summed E-state index contributed by atoms with van der Waals surface area (Å²) in [5.41, 5.74) is 0.838. The Kier molecular flexibility index (Phi) is 13.9. The van der Waals surface area contributed by atoms with Crippen molar-refractivity contribution in [3.63, 3.8) is 0 Å². The first-order chi connectivity index (χ1) is 20.5. The molecule has 0 aliphatic carbocycles. The van der Waals surface area contributed by atoms with Gasteiger partial charge in [-0.1, -0.05) is 85.7 Å². The molecule has 1 fully saturated rings. The lowest BCUT2D eigenvalue weighted by Gasteiger charge is -2.38. The maximum atomic E-state index is 14.1. The summed E-state index contributed by atoms with van der Waals surface area (Å²) in [5, 5.41) is 8.72. The van der Waals surface area contributed by atoms with Gasteiger partial charge in [0, 0.05) is 20.5 Å². The summed E-state index contributed by atoms with van der Waals surface area (Å²) >= 11 is 0. The molecule has 1 saturated heterocycles. The molecule has 0 saturated carbocycles. The number of hydrogen-bond donors (Lipinski definition) is 3. The highest BCUT2D eigenvalue weighted by molar-refractivity contribution is 5.98. The van der Waals surface area contributed by atoms with Crippen molar-refractivity contribution in [2.24, 2.45) is 23.7 Å². The molecule has 1 aromatic carbocycles. The van der Waals surface area contributed by atoms with Crippen molar-refractivity contribution in [3.8, 4) is 0 Å². The van der Waals surface area contributed by atoms with E-state index >= 15 is 0 Å². The molecule has 5 atom stereocenters. The van der Waals surface area contributed by atoms with E-state index in [1.54, 1.807) is 14.1 Å². The molecule has 10 nitrogen and oxygen atoms in total. The standard InChI is InChI=1S/C34H55N5O5/c1-20(2)16-25-30(40)37-27(17-21(3)4)33(43)39(10)29(23(7)8)34(44)38(9)28(18-22(5)6)32(42)36-26(31(41)35-25)19-24-14-12-11-13-15-24/h11-15,20-23,25-29H,16-19H2,1-10H3,(H,35,41)(H,36,42)(H,37,40)/t25-,26-,27-,28+,29+/m0/s1. The van der Waals surface area contributed by atoms with Gasteiger partial charge < -0.3 is 25.8 Å². The third kappa shape index (κ3) is 10.3. The van der Waals surface area contributed by atoms with Gasteiger partial charge in [-0.05, 0) is 48.5 Å². The second-order valence-corrected chi connectivity index (χ2v) is 13.9. The molecular formula is C34H55N5O5. The number of nitrogens with one attached hydrogen (secondary N) is 3. The molecule has 1 aliphatic rings. The maximum absolute atomic E-state index is 14.1. The van der Waals surface area contributed by atoms with Crippen LogP contribution in [-0.2, 0) is 30.4 Å². The predicted octanol–water partition coefficient (Wildman–Crippen LogP) is 3.15. The number of amides is 5. The third-order valence-electron chi connectivity index (χ3n) is 8.04. The van der Waals surface area contributed by atoms with Crippen LogP contribution in [0.4, 0.5) is 0 Å². The molecule has 1 heterocycles. The molecule has 2 rings (SSSR count). The van der Waals surface area contributed by atoms with Crippen LogP contribution in [0.5, 0.6) is 0 Å². The summed E-state index contributed by atoms with van der Waals surface area (Å²) in [6, 6.07) is 4.80. The van der Waals surface area contributed by atoms with E-state index in [1.807, 2.05) is 85.7 Å². The molecule has 0 radical (unpaired) electrons. The Morgan fingerprint density at radius 2 is 1.07 bits per heavy atom. The van der Waals surface area contributed by atoms with Crippen LogP contribution in [0.25, 0.3) is 0 Å². The van der Waals surface area contributed by atoms with Crippen LogP contribution in [0.3, 0.4) is 0 Å². The maximum Gasteiger partial charge on any atom is 0.246 e. The Balaban J connectivity index is 2.71. The van der Waals surface area contributed by atoms with Gasteiger partial charge >= 0.3 is 0 Å². The van der Waals surface area contributed by atoms with Gasteiger partial charge in [0.25, 0.3) is 0 Å². The van der Waals surface area contributed by atoms with E-state index in [0.717, 1.165) is 5.56 Å². The smallest absolute Gasteiger partial charge is 0.246 e. The van der Waals surface area contributed by atoms with Crippen molar-refractivity contribution < 1.29 is 24.0 Å². The molecule has 10 heteroatoms. The monoisotopic (exact) mass is 613 g/mol. The summed E-state index contributed by atoms with van der Waals surface area (Å²) in [7, 11) is 3.16. The molecule has 44 heavy (non-hydrogen) atoms. The molecule has 0 unspecified atom stereocenters. The topological polar surface area (TPSA) is 128 Å². The molecular weight excluding hydrogens is 558 g/mol. The fourth-order valence-corrected chi connectivity index (χ4v) is 5.80. The van der Waals surface area contributed by atoms with E-state index in [4.69, 9.17) is 0 Å². The van der Waals surface area contributed by atoms with E-state index in [2.05, 4.69) is 16.0 Å². The Morgan fingerprint density at radius 3 is 1.59 bits per heavy atom. The Morgan fingerprint density at radius 1 is 0.591 bits per heavy atom. The van der Waals surface area contributed by atoms with E-state index in [1.165, 1.54) is 9.80 Å². The molecule has 0 aromatic heterocycles. The number of benzene rings is 1. The van der Waals surface area contributed by atoms with Crippen molar-refractivity contribution >= 4 is 29.5 Å². The molecule has 5 amide bonds. The van der Waals surface area contributed by atoms with Crippen molar-refractivity contribution in [1.82, 2.24) is 25.8 Å². The average Bonchev–Trinajstić information content (AvgIpc) is 2.93. The predicted molar refractivity (Wildman–Crippen MR) is 172 cm³/mol. The van der Waals surface area contributed by atoms with Gasteiger partial charge in [0.15, 0.2) is 0 Å². The highest BCUT2D eigenvalue weighted by Crippen LogP contribution is 2.21. The summed E-state index contributed by atoms with van der Waals surface area (Å²) in [6.07, 6.45) is 1.26. The fourth-order valence-electron chi connectivity index (χ4n) is 5.80. The van der Waals surface area contributed by atoms with Crippen LogP contribution in [0, 0.1) is 23.7 Å². The van der Waals surface area contributed by atoms with Gasteiger partial charge in [-0.3, -0.25) is 24.0 Å². The van der Waals surface area contributed by atoms with Gasteiger partial charge in [0.1, 0.15) is 30.2 Å². The minimum Gasteiger partial charge on any atom is -0.343 e. The van der Waals surface area contributed by atoms with Crippen LogP contribution in [0.2, 0.25) is 0 Å². The van der Waals surface area contributed by atoms with E-state index in [-0.39, 0.29) is 41.9 Å². The van der Waals surface area contributed by atoms with E-state index in [9.17, 15) is 24.0 Å². The first-order valence-corrected chi connectivity index (χ1v) is 16.0. The minimum atomic E-state index is -0.993. The second-order valence-electron chi connectivity index (χ2n) is 13.9. The first kappa shape index (κ1) is 36.8. The van der Waals surface area contributed by atoms with Gasteiger partial charge in [-0.15, -0.1) is 0 Å². The van der Waals surface area contributed by atoms with Crippen molar-refractivity contribution in [3.05, 3.63) is 35.9 Å². The van der Waals surface area contributed by atoms with Gasteiger partial charge in [-0.2, -0.15) is 0 Å². The largest absolute Gasteiger partial charge is 0.343 e. The fraction of sp³-hybridized carbons (Fsp3) is 0.676. The lowest BCUT2D eigenvalue weighted by Crippen LogP contribution is -2.59. The number of carbonyl (C=O) groups is 5. The number of carbonyl (C=O) groups excluding carboxylic acids is 5. The Labute approximate surface area is 264 Å². The van der Waals surface area contributed by atoms with Crippen molar-refractivity contribution in [2.75, 3.05) is 14.1 Å². The number of nitrogens with zero attached hydrogens (tertiary/aromatic N) is 2. The molecule has 3 N–H and O–H groups in total. The lowest BCUT2D eigenvalue weighted by molar-refractivity contribution is -0.151. The third-order valence-corrected chi connectivity index (χ3v) is 8.04. The number of rotatable bonds is 9. The second kappa shape index (κ2) is 16.6. The van der Waals surface area contributed by atoms with Crippen LogP contribution in [-0.4, -0.2) is 83.6 Å². The zero-order chi connectivity index (χ0) is 33.3. The minimum absolute atomic E-state index is 0.0595. The number of hydrogen-bond acceptors (Lipinski definition) is 5. The summed E-state index contributed by atoms with van der Waals surface area (Å²) in [4.78, 5) is 72.5. The summed E-state index contributed by atoms with van der Waals surface area (Å²) < 4.78 is 0. The zero-order valence-electron chi connectivity index (χ0n) is 28.3. The highest BCUT2D eigenvalue weighted by atomic mass is 16.2. The van der Waals surface area contributed by atoms with Crippen LogP contribution in [0.1, 0.15) is 80.2 Å². The van der Waals surface area contributed by atoms with Gasteiger partial charge in [0.2, 0.25) is 29.5 Å². The Hall–Kier alpha value is -3.43. The van der Waals surface area contributed by atoms with Crippen LogP contribution >= 0.6 is 0 Å². The quantitative estimate of drug-likeness (QED) is 0.394. The zero-order valence-corrected chi connectivity index (χ0v) is 28.3. The summed E-state index contributed by atoms with van der Waals surface area (Å²) in [5.74, 6) is -2.26. The number of likely N-dealkylation sites (N-methyl/N-ethyl adjacent to an activating group) is 2. The normalized spacial score (nSPS) is 24.9. The first-order valence-electron chi connectivity index (χ1n) is 16.0. The molecule has 0 spiro atoms. The molecule has 1 aliphatic heterocycles. The molecule has 246 valence electrons.